The van der Waals surface area contributed by atoms with Gasteiger partial charge in [-0.15, -0.1) is 11.3 Å². The molecule has 1 aromatic carbocycles. The predicted molar refractivity (Wildman–Crippen MR) is 97.9 cm³/mol. The first-order valence-corrected chi connectivity index (χ1v) is 8.74. The summed E-state index contributed by atoms with van der Waals surface area (Å²) in [6.45, 7) is 7.74. The van der Waals surface area contributed by atoms with E-state index in [2.05, 4.69) is 34.7 Å². The largest absolute Gasteiger partial charge is 0.383 e. The summed E-state index contributed by atoms with van der Waals surface area (Å²) in [7, 11) is 0. The minimum Gasteiger partial charge on any atom is -0.383 e. The van der Waals surface area contributed by atoms with Gasteiger partial charge in [0.1, 0.15) is 5.60 Å². The lowest BCUT2D eigenvalue weighted by Gasteiger charge is -2.23. The van der Waals surface area contributed by atoms with Crippen molar-refractivity contribution >= 4 is 17.3 Å². The van der Waals surface area contributed by atoms with E-state index in [1.807, 2.05) is 43.5 Å². The van der Waals surface area contributed by atoms with Crippen LogP contribution >= 0.6 is 11.3 Å². The monoisotopic (exact) mass is 331 g/mol. The molecule has 124 valence electrons. The second-order valence-corrected chi connectivity index (χ2v) is 6.67. The minimum absolute atomic E-state index is 0.410. The molecule has 0 saturated heterocycles. The number of aliphatic imine (C=N–C) groups is 1. The molecule has 0 amide bonds. The van der Waals surface area contributed by atoms with Crippen molar-refractivity contribution in [2.75, 3.05) is 13.1 Å². The van der Waals surface area contributed by atoms with Crippen molar-refractivity contribution in [3.63, 3.8) is 0 Å². The van der Waals surface area contributed by atoms with Crippen molar-refractivity contribution in [1.82, 2.24) is 10.6 Å². The Bertz CT molecular complexity index is 635. The highest BCUT2D eigenvalue weighted by molar-refractivity contribution is 7.10. The van der Waals surface area contributed by atoms with Gasteiger partial charge >= 0.3 is 0 Å². The van der Waals surface area contributed by atoms with E-state index in [1.165, 1.54) is 11.1 Å². The van der Waals surface area contributed by atoms with Crippen molar-refractivity contribution in [2.24, 2.45) is 4.99 Å². The van der Waals surface area contributed by atoms with E-state index >= 15 is 0 Å². The first kappa shape index (κ1) is 17.5. The topological polar surface area (TPSA) is 56.7 Å². The van der Waals surface area contributed by atoms with Gasteiger partial charge in [-0.2, -0.15) is 0 Å². The molecule has 4 nitrogen and oxygen atoms in total. The van der Waals surface area contributed by atoms with E-state index in [9.17, 15) is 5.11 Å². The molecule has 1 aromatic heterocycles. The molecular weight excluding hydrogens is 306 g/mol. The van der Waals surface area contributed by atoms with Crippen molar-refractivity contribution in [3.05, 3.63) is 57.8 Å². The predicted octanol–water partition coefficient (Wildman–Crippen LogP) is 3.02. The van der Waals surface area contributed by atoms with Crippen molar-refractivity contribution < 1.29 is 5.11 Å². The standard InChI is InChI=1S/C18H25N3OS/c1-4-19-17(20-12-15-9-6-5-8-14(15)2)21-13-18(3,22)16-10-7-11-23-16/h5-11,22H,4,12-13H2,1-3H3,(H2,19,20,21). The Balaban J connectivity index is 2.01. The van der Waals surface area contributed by atoms with Gasteiger partial charge in [0.2, 0.25) is 0 Å². The number of rotatable bonds is 6. The molecule has 2 rings (SSSR count). The minimum atomic E-state index is -0.910. The molecule has 1 unspecified atom stereocenters. The van der Waals surface area contributed by atoms with E-state index in [0.29, 0.717) is 19.0 Å². The van der Waals surface area contributed by atoms with Crippen LogP contribution in [0.1, 0.15) is 29.9 Å². The zero-order chi connectivity index (χ0) is 16.7. The van der Waals surface area contributed by atoms with Crippen LogP contribution in [0.2, 0.25) is 0 Å². The van der Waals surface area contributed by atoms with Crippen LogP contribution in [-0.4, -0.2) is 24.2 Å². The van der Waals surface area contributed by atoms with Gasteiger partial charge in [-0.05, 0) is 43.3 Å². The lowest BCUT2D eigenvalue weighted by molar-refractivity contribution is 0.0655. The Morgan fingerprint density at radius 2 is 2.00 bits per heavy atom. The number of nitrogens with one attached hydrogen (secondary N) is 2. The summed E-state index contributed by atoms with van der Waals surface area (Å²) in [5.41, 5.74) is 1.53. The van der Waals surface area contributed by atoms with E-state index in [4.69, 9.17) is 0 Å². The second-order valence-electron chi connectivity index (χ2n) is 5.73. The first-order valence-electron chi connectivity index (χ1n) is 7.86. The third-order valence-electron chi connectivity index (χ3n) is 3.67. The maximum absolute atomic E-state index is 10.6. The molecule has 5 heteroatoms. The number of guanidine groups is 1. The van der Waals surface area contributed by atoms with E-state index in [1.54, 1.807) is 11.3 Å². The van der Waals surface area contributed by atoms with Crippen LogP contribution < -0.4 is 10.6 Å². The summed E-state index contributed by atoms with van der Waals surface area (Å²) in [5, 5.41) is 19.0. The second kappa shape index (κ2) is 8.13. The number of benzene rings is 1. The van der Waals surface area contributed by atoms with Gasteiger partial charge < -0.3 is 15.7 Å². The number of nitrogens with zero attached hydrogens (tertiary/aromatic N) is 1. The van der Waals surface area contributed by atoms with Crippen molar-refractivity contribution in [3.8, 4) is 0 Å². The van der Waals surface area contributed by atoms with Crippen LogP contribution in [0, 0.1) is 6.92 Å². The number of aryl methyl sites for hydroxylation is 1. The van der Waals surface area contributed by atoms with Gasteiger partial charge in [-0.25, -0.2) is 4.99 Å². The van der Waals surface area contributed by atoms with E-state index < -0.39 is 5.60 Å². The lowest BCUT2D eigenvalue weighted by atomic mass is 10.1. The van der Waals surface area contributed by atoms with Gasteiger partial charge in [0.05, 0.1) is 13.1 Å². The molecule has 0 aliphatic heterocycles. The summed E-state index contributed by atoms with van der Waals surface area (Å²) >= 11 is 1.56. The van der Waals surface area contributed by atoms with Crippen LogP contribution in [0.3, 0.4) is 0 Å². The van der Waals surface area contributed by atoms with Gasteiger partial charge in [0.15, 0.2) is 5.96 Å². The quantitative estimate of drug-likeness (QED) is 0.563. The van der Waals surface area contributed by atoms with Gasteiger partial charge in [-0.1, -0.05) is 30.3 Å². The van der Waals surface area contributed by atoms with Crippen LogP contribution in [-0.2, 0) is 12.1 Å². The summed E-state index contributed by atoms with van der Waals surface area (Å²) < 4.78 is 0. The smallest absolute Gasteiger partial charge is 0.191 e. The average molecular weight is 331 g/mol. The molecule has 1 atom stereocenters. The molecule has 0 spiro atoms. The van der Waals surface area contributed by atoms with E-state index in [-0.39, 0.29) is 0 Å². The van der Waals surface area contributed by atoms with Gasteiger partial charge in [0, 0.05) is 11.4 Å². The molecule has 2 aromatic rings. The Kier molecular flexibility index (Phi) is 6.19. The van der Waals surface area contributed by atoms with Crippen LogP contribution in [0.4, 0.5) is 0 Å². The first-order chi connectivity index (χ1) is 11.0. The van der Waals surface area contributed by atoms with Gasteiger partial charge in [0.25, 0.3) is 0 Å². The maximum Gasteiger partial charge on any atom is 0.191 e. The normalized spacial score (nSPS) is 14.3. The third-order valence-corrected chi connectivity index (χ3v) is 4.79. The fraction of sp³-hybridized carbons (Fsp3) is 0.389. The maximum atomic E-state index is 10.6. The summed E-state index contributed by atoms with van der Waals surface area (Å²) in [5.74, 6) is 0.715. The fourth-order valence-electron chi connectivity index (χ4n) is 2.22. The zero-order valence-electron chi connectivity index (χ0n) is 14.0. The summed E-state index contributed by atoms with van der Waals surface area (Å²) in [6, 6.07) is 12.1. The van der Waals surface area contributed by atoms with Crippen LogP contribution in [0.25, 0.3) is 0 Å². The highest BCUT2D eigenvalue weighted by Crippen LogP contribution is 2.24. The molecular formula is C18H25N3OS. The Labute approximate surface area is 142 Å². The Hall–Kier alpha value is -1.85. The van der Waals surface area contributed by atoms with Crippen LogP contribution in [0.15, 0.2) is 46.8 Å². The van der Waals surface area contributed by atoms with Crippen molar-refractivity contribution in [1.29, 1.82) is 0 Å². The lowest BCUT2D eigenvalue weighted by Crippen LogP contribution is -2.44. The SMILES string of the molecule is CCNC(=NCc1ccccc1C)NCC(C)(O)c1cccs1. The molecule has 0 radical (unpaired) electrons. The Morgan fingerprint density at radius 3 is 2.65 bits per heavy atom. The third kappa shape index (κ3) is 5.08. The number of hydrogen-bond donors (Lipinski definition) is 3. The van der Waals surface area contributed by atoms with Crippen LogP contribution in [0.5, 0.6) is 0 Å². The summed E-state index contributed by atoms with van der Waals surface area (Å²) in [6.07, 6.45) is 0. The zero-order valence-corrected chi connectivity index (χ0v) is 14.8. The molecule has 0 fully saturated rings. The highest BCUT2D eigenvalue weighted by atomic mass is 32.1. The average Bonchev–Trinajstić information content (AvgIpc) is 3.07. The fourth-order valence-corrected chi connectivity index (χ4v) is 3.01. The molecule has 23 heavy (non-hydrogen) atoms. The molecule has 0 aliphatic carbocycles. The van der Waals surface area contributed by atoms with Crippen molar-refractivity contribution in [2.45, 2.75) is 32.9 Å². The molecule has 0 bridgehead atoms. The molecule has 0 aliphatic rings. The molecule has 1 heterocycles. The Morgan fingerprint density at radius 1 is 1.22 bits per heavy atom. The number of aliphatic hydroxyl groups is 1. The number of hydrogen-bond acceptors (Lipinski definition) is 3. The van der Waals surface area contributed by atoms with Gasteiger partial charge in [-0.3, -0.25) is 0 Å². The highest BCUT2D eigenvalue weighted by Gasteiger charge is 2.24. The number of thiophene rings is 1. The molecule has 0 saturated carbocycles. The van der Waals surface area contributed by atoms with E-state index in [0.717, 1.165) is 11.4 Å². The summed E-state index contributed by atoms with van der Waals surface area (Å²) in [4.78, 5) is 5.56. The molecule has 3 N–H and O–H groups in total.